The van der Waals surface area contributed by atoms with Crippen LogP contribution in [-0.4, -0.2) is 48.7 Å². The topological polar surface area (TPSA) is 41.6 Å². The highest BCUT2D eigenvalue weighted by Crippen LogP contribution is 2.20. The first-order chi connectivity index (χ1) is 9.54. The maximum atomic E-state index is 12.2. The van der Waals surface area contributed by atoms with E-state index in [1.807, 2.05) is 4.90 Å². The number of amides is 1. The summed E-state index contributed by atoms with van der Waals surface area (Å²) in [7, 11) is 0. The molecule has 3 atom stereocenters. The van der Waals surface area contributed by atoms with Crippen LogP contribution in [0.15, 0.2) is 0 Å². The normalized spacial score (nSPS) is 27.7. The maximum absolute atomic E-state index is 12.2. The van der Waals surface area contributed by atoms with Gasteiger partial charge in [-0.3, -0.25) is 4.79 Å². The zero-order chi connectivity index (χ0) is 14.5. The zero-order valence-corrected chi connectivity index (χ0v) is 13.2. The summed E-state index contributed by atoms with van der Waals surface area (Å²) in [6, 6.07) is 1.16. The molecule has 2 aliphatic rings. The lowest BCUT2D eigenvalue weighted by Gasteiger charge is -2.24. The average Bonchev–Trinajstić information content (AvgIpc) is 2.67. The Hall–Kier alpha value is -0.610. The Kier molecular flexibility index (Phi) is 5.85. The van der Waals surface area contributed by atoms with Crippen molar-refractivity contribution in [3.63, 3.8) is 0 Å². The molecule has 2 bridgehead atoms. The first kappa shape index (κ1) is 15.8. The summed E-state index contributed by atoms with van der Waals surface area (Å²) in [5, 5.41) is 3.61. The molecule has 2 fully saturated rings. The van der Waals surface area contributed by atoms with Gasteiger partial charge in [0, 0.05) is 25.2 Å². The van der Waals surface area contributed by atoms with Crippen molar-refractivity contribution >= 4 is 5.91 Å². The third kappa shape index (κ3) is 4.74. The minimum Gasteiger partial charge on any atom is -0.378 e. The minimum absolute atomic E-state index is 0.254. The van der Waals surface area contributed by atoms with E-state index in [4.69, 9.17) is 4.74 Å². The van der Waals surface area contributed by atoms with Crippen LogP contribution in [-0.2, 0) is 9.53 Å². The van der Waals surface area contributed by atoms with Crippen molar-refractivity contribution in [1.82, 2.24) is 10.2 Å². The molecule has 4 nitrogen and oxygen atoms in total. The van der Waals surface area contributed by atoms with Crippen LogP contribution < -0.4 is 5.32 Å². The highest BCUT2D eigenvalue weighted by Gasteiger charge is 2.30. The number of nitrogens with zero attached hydrogens (tertiary/aromatic N) is 1. The van der Waals surface area contributed by atoms with Crippen molar-refractivity contribution in [2.75, 3.05) is 19.7 Å². The number of nitrogens with one attached hydrogen (secondary N) is 1. The van der Waals surface area contributed by atoms with Crippen LogP contribution in [0.3, 0.4) is 0 Å². The standard InChI is InChI=1S/C16H30N2O2/c1-12(2)10-13(3)20-9-7-16(19)18-8-6-14-4-5-15(11-18)17-14/h12-15,17H,4-11H2,1-3H3. The Morgan fingerprint density at radius 2 is 2.00 bits per heavy atom. The fourth-order valence-corrected chi connectivity index (χ4v) is 3.41. The third-order valence-corrected chi connectivity index (χ3v) is 4.40. The monoisotopic (exact) mass is 282 g/mol. The molecule has 2 heterocycles. The number of carbonyl (C=O) groups is 1. The smallest absolute Gasteiger partial charge is 0.224 e. The molecule has 1 N–H and O–H groups in total. The van der Waals surface area contributed by atoms with Gasteiger partial charge in [-0.2, -0.15) is 0 Å². The fourth-order valence-electron chi connectivity index (χ4n) is 3.41. The van der Waals surface area contributed by atoms with Crippen LogP contribution in [0.4, 0.5) is 0 Å². The summed E-state index contributed by atoms with van der Waals surface area (Å²) in [5.41, 5.74) is 0. The van der Waals surface area contributed by atoms with E-state index in [1.165, 1.54) is 12.8 Å². The third-order valence-electron chi connectivity index (χ3n) is 4.40. The first-order valence-electron chi connectivity index (χ1n) is 8.20. The minimum atomic E-state index is 0.254. The van der Waals surface area contributed by atoms with E-state index in [1.54, 1.807) is 0 Å². The SMILES string of the molecule is CC(C)CC(C)OCCC(=O)N1CCC2CCC(C1)N2. The van der Waals surface area contributed by atoms with Gasteiger partial charge in [0.05, 0.1) is 19.1 Å². The average molecular weight is 282 g/mol. The second kappa shape index (κ2) is 7.41. The molecule has 0 saturated carbocycles. The Bertz CT molecular complexity index is 320. The lowest BCUT2D eigenvalue weighted by atomic mass is 10.1. The van der Waals surface area contributed by atoms with Crippen LogP contribution in [0.2, 0.25) is 0 Å². The van der Waals surface area contributed by atoms with E-state index in [0.29, 0.717) is 31.0 Å². The Balaban J connectivity index is 1.67. The van der Waals surface area contributed by atoms with Crippen molar-refractivity contribution in [1.29, 1.82) is 0 Å². The number of ether oxygens (including phenoxy) is 1. The van der Waals surface area contributed by atoms with Gasteiger partial charge >= 0.3 is 0 Å². The molecular weight excluding hydrogens is 252 g/mol. The molecule has 4 heteroatoms. The lowest BCUT2D eigenvalue weighted by molar-refractivity contribution is -0.133. The largest absolute Gasteiger partial charge is 0.378 e. The quantitative estimate of drug-likeness (QED) is 0.812. The lowest BCUT2D eigenvalue weighted by Crippen LogP contribution is -2.39. The van der Waals surface area contributed by atoms with Crippen molar-refractivity contribution in [2.45, 2.75) is 71.1 Å². The molecule has 0 spiro atoms. The van der Waals surface area contributed by atoms with Crippen molar-refractivity contribution in [3.05, 3.63) is 0 Å². The van der Waals surface area contributed by atoms with Gasteiger partial charge in [-0.1, -0.05) is 13.8 Å². The van der Waals surface area contributed by atoms with E-state index in [2.05, 4.69) is 26.1 Å². The number of hydrogen-bond donors (Lipinski definition) is 1. The number of carbonyl (C=O) groups excluding carboxylic acids is 1. The van der Waals surface area contributed by atoms with Crippen LogP contribution in [0.1, 0.15) is 52.9 Å². The summed E-state index contributed by atoms with van der Waals surface area (Å²) < 4.78 is 5.74. The van der Waals surface area contributed by atoms with E-state index >= 15 is 0 Å². The molecule has 2 saturated heterocycles. The molecular formula is C16H30N2O2. The van der Waals surface area contributed by atoms with E-state index < -0.39 is 0 Å². The van der Waals surface area contributed by atoms with Gasteiger partial charge in [0.1, 0.15) is 0 Å². The predicted octanol–water partition coefficient (Wildman–Crippen LogP) is 2.18. The summed E-state index contributed by atoms with van der Waals surface area (Å²) >= 11 is 0. The molecule has 2 aliphatic heterocycles. The summed E-state index contributed by atoms with van der Waals surface area (Å²) in [4.78, 5) is 14.3. The number of fused-ring (bicyclic) bond motifs is 2. The zero-order valence-electron chi connectivity index (χ0n) is 13.2. The summed E-state index contributed by atoms with van der Waals surface area (Å²) in [6.07, 6.45) is 5.45. The van der Waals surface area contributed by atoms with Crippen LogP contribution >= 0.6 is 0 Å². The molecule has 116 valence electrons. The van der Waals surface area contributed by atoms with E-state index in [0.717, 1.165) is 25.9 Å². The summed E-state index contributed by atoms with van der Waals surface area (Å²) in [5.74, 6) is 0.907. The Labute approximate surface area is 123 Å². The molecule has 1 amide bonds. The second-order valence-corrected chi connectivity index (χ2v) is 6.83. The van der Waals surface area contributed by atoms with Gasteiger partial charge in [-0.05, 0) is 38.5 Å². The van der Waals surface area contributed by atoms with Crippen molar-refractivity contribution in [3.8, 4) is 0 Å². The maximum Gasteiger partial charge on any atom is 0.224 e. The van der Waals surface area contributed by atoms with Gasteiger partial charge in [0.2, 0.25) is 5.91 Å². The molecule has 0 aromatic rings. The predicted molar refractivity (Wildman–Crippen MR) is 80.6 cm³/mol. The van der Waals surface area contributed by atoms with Gasteiger partial charge in [0.15, 0.2) is 0 Å². The van der Waals surface area contributed by atoms with Gasteiger partial charge in [0.25, 0.3) is 0 Å². The number of rotatable bonds is 6. The van der Waals surface area contributed by atoms with Crippen LogP contribution in [0.25, 0.3) is 0 Å². The molecule has 0 radical (unpaired) electrons. The molecule has 20 heavy (non-hydrogen) atoms. The molecule has 0 aromatic heterocycles. The van der Waals surface area contributed by atoms with Crippen LogP contribution in [0.5, 0.6) is 0 Å². The van der Waals surface area contributed by atoms with E-state index in [-0.39, 0.29) is 12.0 Å². The highest BCUT2D eigenvalue weighted by molar-refractivity contribution is 5.76. The van der Waals surface area contributed by atoms with E-state index in [9.17, 15) is 4.79 Å². The molecule has 3 unspecified atom stereocenters. The number of likely N-dealkylation sites (tertiary alicyclic amines) is 1. The Morgan fingerprint density at radius 3 is 2.75 bits per heavy atom. The van der Waals surface area contributed by atoms with Crippen LogP contribution in [0, 0.1) is 5.92 Å². The van der Waals surface area contributed by atoms with Gasteiger partial charge in [-0.25, -0.2) is 0 Å². The molecule has 2 rings (SSSR count). The molecule has 0 aliphatic carbocycles. The summed E-state index contributed by atoms with van der Waals surface area (Å²) in [6.45, 7) is 8.85. The first-order valence-corrected chi connectivity index (χ1v) is 8.20. The van der Waals surface area contributed by atoms with Gasteiger partial charge in [-0.15, -0.1) is 0 Å². The molecule has 0 aromatic carbocycles. The van der Waals surface area contributed by atoms with Crippen molar-refractivity contribution < 1.29 is 9.53 Å². The van der Waals surface area contributed by atoms with Gasteiger partial charge < -0.3 is 15.0 Å². The fraction of sp³-hybridized carbons (Fsp3) is 0.938. The highest BCUT2D eigenvalue weighted by atomic mass is 16.5. The van der Waals surface area contributed by atoms with Crippen molar-refractivity contribution in [2.24, 2.45) is 5.92 Å². The Morgan fingerprint density at radius 1 is 1.25 bits per heavy atom. The second-order valence-electron chi connectivity index (χ2n) is 6.83. The number of hydrogen-bond acceptors (Lipinski definition) is 3.